The van der Waals surface area contributed by atoms with E-state index in [1.807, 2.05) is 39.0 Å². The van der Waals surface area contributed by atoms with Crippen LogP contribution in [0.5, 0.6) is 5.75 Å². The number of nitrogens with zero attached hydrogens (tertiary/aromatic N) is 3. The third-order valence-electron chi connectivity index (χ3n) is 7.77. The molecule has 1 aromatic heterocycles. The van der Waals surface area contributed by atoms with Crippen molar-refractivity contribution in [2.75, 3.05) is 20.2 Å². The molecule has 1 amide bonds. The molecule has 0 N–H and O–H groups in total. The van der Waals surface area contributed by atoms with Crippen molar-refractivity contribution in [3.63, 3.8) is 0 Å². The Morgan fingerprint density at radius 2 is 1.81 bits per heavy atom. The summed E-state index contributed by atoms with van der Waals surface area (Å²) in [7, 11) is 1.41. The molecule has 0 aliphatic carbocycles. The van der Waals surface area contributed by atoms with E-state index in [0.29, 0.717) is 29.8 Å². The third-order valence-corrected chi connectivity index (χ3v) is 8.38. The molecule has 0 saturated carbocycles. The van der Waals surface area contributed by atoms with Crippen LogP contribution >= 0.6 is 23.2 Å². The van der Waals surface area contributed by atoms with Crippen molar-refractivity contribution < 1.29 is 13.9 Å². The molecule has 1 fully saturated rings. The first-order valence-corrected chi connectivity index (χ1v) is 14.3. The summed E-state index contributed by atoms with van der Waals surface area (Å²) in [5.74, 6) is -0.728. The average Bonchev–Trinajstić information content (AvgIpc) is 2.94. The molecule has 2 heterocycles. The van der Waals surface area contributed by atoms with Crippen molar-refractivity contribution >= 4 is 40.1 Å². The smallest absolute Gasteiger partial charge is 0.321 e. The number of amides is 1. The van der Waals surface area contributed by atoms with E-state index in [2.05, 4.69) is 6.58 Å². The summed E-state index contributed by atoms with van der Waals surface area (Å²) < 4.78 is 23.8. The van der Waals surface area contributed by atoms with Crippen molar-refractivity contribution in [1.82, 2.24) is 14.0 Å². The predicted molar refractivity (Wildman–Crippen MR) is 165 cm³/mol. The van der Waals surface area contributed by atoms with Crippen LogP contribution < -0.4 is 15.9 Å². The Kier molecular flexibility index (Phi) is 8.05. The molecular weight excluding hydrogens is 580 g/mol. The monoisotopic (exact) mass is 609 g/mol. The molecule has 3 aromatic carbocycles. The van der Waals surface area contributed by atoms with Gasteiger partial charge in [-0.2, -0.15) is 0 Å². The Labute approximate surface area is 252 Å². The fourth-order valence-electron chi connectivity index (χ4n) is 5.63. The lowest BCUT2D eigenvalue weighted by Gasteiger charge is -2.39. The van der Waals surface area contributed by atoms with Gasteiger partial charge in [-0.05, 0) is 54.3 Å². The Hall–Kier alpha value is -3.88. The van der Waals surface area contributed by atoms with Crippen LogP contribution in [-0.4, -0.2) is 40.1 Å². The maximum atomic E-state index is 15.5. The van der Waals surface area contributed by atoms with Crippen LogP contribution in [0.3, 0.4) is 0 Å². The van der Waals surface area contributed by atoms with Crippen molar-refractivity contribution in [1.29, 1.82) is 0 Å². The van der Waals surface area contributed by atoms with Gasteiger partial charge in [0.25, 0.3) is 0 Å². The molecule has 0 radical (unpaired) electrons. The molecule has 4 aromatic rings. The van der Waals surface area contributed by atoms with Crippen LogP contribution in [0.2, 0.25) is 10.0 Å². The van der Waals surface area contributed by atoms with E-state index in [-0.39, 0.29) is 51.2 Å². The third kappa shape index (κ3) is 4.92. The molecule has 218 valence electrons. The quantitative estimate of drug-likeness (QED) is 0.181. The van der Waals surface area contributed by atoms with Gasteiger partial charge in [0.2, 0.25) is 5.91 Å². The van der Waals surface area contributed by atoms with Gasteiger partial charge in [-0.1, -0.05) is 61.8 Å². The van der Waals surface area contributed by atoms with Gasteiger partial charge in [0.05, 0.1) is 39.4 Å². The molecular formula is C32H30Cl2FN3O4. The lowest BCUT2D eigenvalue weighted by Crippen LogP contribution is -2.52. The lowest BCUT2D eigenvalue weighted by atomic mass is 9.97. The van der Waals surface area contributed by atoms with Gasteiger partial charge in [0.15, 0.2) is 5.82 Å². The van der Waals surface area contributed by atoms with E-state index in [1.54, 1.807) is 23.1 Å². The van der Waals surface area contributed by atoms with Crippen molar-refractivity contribution in [2.24, 2.45) is 5.92 Å². The first kappa shape index (κ1) is 29.6. The zero-order valence-electron chi connectivity index (χ0n) is 23.7. The Bertz CT molecular complexity index is 1870. The number of hydrogen-bond donors (Lipinski definition) is 0. The normalized spacial score (nSPS) is 13.5. The van der Waals surface area contributed by atoms with Gasteiger partial charge in [0.1, 0.15) is 5.75 Å². The number of methoxy groups -OCH3 is 1. The van der Waals surface area contributed by atoms with Gasteiger partial charge in [0, 0.05) is 31.1 Å². The van der Waals surface area contributed by atoms with Gasteiger partial charge in [-0.3, -0.25) is 19.0 Å². The molecule has 42 heavy (non-hydrogen) atoms. The molecule has 1 aliphatic rings. The minimum atomic E-state index is -0.746. The van der Waals surface area contributed by atoms with Crippen LogP contribution in [-0.2, 0) is 11.3 Å². The highest BCUT2D eigenvalue weighted by atomic mass is 35.5. The highest BCUT2D eigenvalue weighted by molar-refractivity contribution is 6.34. The summed E-state index contributed by atoms with van der Waals surface area (Å²) in [6, 6.07) is 11.8. The number of benzene rings is 3. The van der Waals surface area contributed by atoms with Gasteiger partial charge in [-0.25, -0.2) is 4.39 Å². The molecule has 7 nitrogen and oxygen atoms in total. The van der Waals surface area contributed by atoms with Gasteiger partial charge in [-0.15, -0.1) is 0 Å². The predicted octanol–water partition coefficient (Wildman–Crippen LogP) is 6.35. The summed E-state index contributed by atoms with van der Waals surface area (Å²) >= 11 is 13.0. The number of carbonyl (C=O) groups excluding carboxylic acids is 1. The second-order valence-corrected chi connectivity index (χ2v) is 11.6. The molecule has 0 spiro atoms. The lowest BCUT2D eigenvalue weighted by molar-refractivity contribution is -0.132. The standard InChI is InChI=1S/C32H30Cl2FN3O4/c1-6-27(39)36-14-19(15-36)16-37-24-13-23(34)21(28-26(42-5)11-10-22(33)29(28)35)12-25(24)38(32(41)31(37)40)30-18(4)8-7-9-20(30)17(2)3/h6-13,17,19H,1,14-16H2,2-5H3. The van der Waals surface area contributed by atoms with Crippen molar-refractivity contribution in [3.05, 3.63) is 103 Å². The molecule has 0 atom stereocenters. The summed E-state index contributed by atoms with van der Waals surface area (Å²) in [5.41, 5.74) is 1.86. The summed E-state index contributed by atoms with van der Waals surface area (Å²) in [4.78, 5) is 41.4. The summed E-state index contributed by atoms with van der Waals surface area (Å²) in [5, 5.41) is 0.0279. The summed E-state index contributed by atoms with van der Waals surface area (Å²) in [6.45, 7) is 10.5. The zero-order chi connectivity index (χ0) is 30.5. The van der Waals surface area contributed by atoms with Crippen molar-refractivity contribution in [3.8, 4) is 22.6 Å². The molecule has 0 bridgehead atoms. The zero-order valence-corrected chi connectivity index (χ0v) is 25.2. The molecule has 1 aliphatic heterocycles. The number of fused-ring (bicyclic) bond motifs is 1. The first-order chi connectivity index (χ1) is 20.0. The fourth-order valence-corrected chi connectivity index (χ4v) is 6.04. The number of aromatic nitrogens is 2. The molecule has 10 heteroatoms. The number of halogens is 3. The minimum absolute atomic E-state index is 0.0323. The fraction of sp³-hybridized carbons (Fsp3) is 0.281. The van der Waals surface area contributed by atoms with Crippen LogP contribution in [0.4, 0.5) is 4.39 Å². The number of aryl methyl sites for hydroxylation is 1. The number of rotatable bonds is 7. The van der Waals surface area contributed by atoms with E-state index in [9.17, 15) is 14.4 Å². The van der Waals surface area contributed by atoms with Gasteiger partial charge < -0.3 is 14.2 Å². The van der Waals surface area contributed by atoms with E-state index in [0.717, 1.165) is 11.1 Å². The average molecular weight is 611 g/mol. The number of hydrogen-bond acceptors (Lipinski definition) is 4. The second-order valence-electron chi connectivity index (χ2n) is 10.8. The Morgan fingerprint density at radius 3 is 2.45 bits per heavy atom. The van der Waals surface area contributed by atoms with E-state index in [1.165, 1.54) is 28.4 Å². The van der Waals surface area contributed by atoms with Gasteiger partial charge >= 0.3 is 11.1 Å². The Morgan fingerprint density at radius 1 is 1.10 bits per heavy atom. The second kappa shape index (κ2) is 11.4. The van der Waals surface area contributed by atoms with E-state index >= 15 is 4.39 Å². The van der Waals surface area contributed by atoms with Crippen LogP contribution in [0.1, 0.15) is 30.9 Å². The van der Waals surface area contributed by atoms with Crippen LogP contribution in [0.25, 0.3) is 27.8 Å². The highest BCUT2D eigenvalue weighted by Gasteiger charge is 2.31. The SMILES string of the molecule is C=CC(=O)N1CC(Cn2c(=O)c(=O)n(-c3c(C)cccc3C(C)C)c3cc(-c4c(OC)ccc(Cl)c4F)c(Cl)cc32)C1. The Balaban J connectivity index is 1.85. The van der Waals surface area contributed by atoms with Crippen molar-refractivity contribution in [2.45, 2.75) is 33.2 Å². The highest BCUT2D eigenvalue weighted by Crippen LogP contribution is 2.41. The maximum Gasteiger partial charge on any atom is 0.321 e. The first-order valence-electron chi connectivity index (χ1n) is 13.5. The van der Waals surface area contributed by atoms with Crippen LogP contribution in [0.15, 0.2) is 64.7 Å². The summed E-state index contributed by atoms with van der Waals surface area (Å²) in [6.07, 6.45) is 1.25. The minimum Gasteiger partial charge on any atom is -0.496 e. The number of ether oxygens (including phenoxy) is 1. The molecule has 1 saturated heterocycles. The number of likely N-dealkylation sites (tertiary alicyclic amines) is 1. The van der Waals surface area contributed by atoms with E-state index < -0.39 is 16.9 Å². The topological polar surface area (TPSA) is 73.5 Å². The van der Waals surface area contributed by atoms with E-state index in [4.69, 9.17) is 27.9 Å². The maximum absolute atomic E-state index is 15.5. The largest absolute Gasteiger partial charge is 0.496 e. The van der Waals surface area contributed by atoms with Crippen LogP contribution in [0, 0.1) is 18.7 Å². The number of para-hydroxylation sites is 1. The number of carbonyl (C=O) groups is 1. The molecule has 0 unspecified atom stereocenters. The molecule has 5 rings (SSSR count).